The summed E-state index contributed by atoms with van der Waals surface area (Å²) in [6, 6.07) is 12.3. The summed E-state index contributed by atoms with van der Waals surface area (Å²) in [7, 11) is 0. The number of terminal acetylenes is 1. The highest BCUT2D eigenvalue weighted by atomic mass is 19.1. The molecule has 1 heterocycles. The van der Waals surface area contributed by atoms with Gasteiger partial charge in [0.15, 0.2) is 0 Å². The first-order valence-electron chi connectivity index (χ1n) is 7.83. The van der Waals surface area contributed by atoms with Crippen LogP contribution in [0.1, 0.15) is 11.1 Å². The summed E-state index contributed by atoms with van der Waals surface area (Å²) >= 11 is 0. The van der Waals surface area contributed by atoms with Gasteiger partial charge in [0, 0.05) is 5.56 Å². The molecule has 0 bridgehead atoms. The lowest BCUT2D eigenvalue weighted by Gasteiger charge is -2.12. The Morgan fingerprint density at radius 1 is 1.15 bits per heavy atom. The average Bonchev–Trinajstić information content (AvgIpc) is 2.90. The summed E-state index contributed by atoms with van der Waals surface area (Å²) in [6.07, 6.45) is 6.68. The van der Waals surface area contributed by atoms with Gasteiger partial charge < -0.3 is 10.1 Å². The van der Waals surface area contributed by atoms with Gasteiger partial charge >= 0.3 is 6.03 Å². The molecule has 3 rings (SSSR count). The Morgan fingerprint density at radius 3 is 2.58 bits per heavy atom. The molecule has 1 aliphatic rings. The van der Waals surface area contributed by atoms with Crippen LogP contribution in [-0.4, -0.2) is 23.4 Å². The number of hydrogen-bond acceptors (Lipinski definition) is 3. The Kier molecular flexibility index (Phi) is 4.99. The molecule has 1 fully saturated rings. The van der Waals surface area contributed by atoms with E-state index in [1.165, 1.54) is 12.1 Å². The highest BCUT2D eigenvalue weighted by molar-refractivity contribution is 6.13. The van der Waals surface area contributed by atoms with Crippen molar-refractivity contribution in [2.24, 2.45) is 0 Å². The molecule has 5 nitrogen and oxygen atoms in total. The second-order valence-electron chi connectivity index (χ2n) is 5.53. The van der Waals surface area contributed by atoms with Crippen molar-refractivity contribution in [2.45, 2.75) is 6.54 Å². The predicted molar refractivity (Wildman–Crippen MR) is 94.2 cm³/mol. The molecule has 0 aromatic heterocycles. The van der Waals surface area contributed by atoms with E-state index in [1.54, 1.807) is 42.5 Å². The van der Waals surface area contributed by atoms with Crippen LogP contribution in [0.25, 0.3) is 6.08 Å². The van der Waals surface area contributed by atoms with Crippen LogP contribution in [0, 0.1) is 18.2 Å². The molecule has 0 atom stereocenters. The Morgan fingerprint density at radius 2 is 1.88 bits per heavy atom. The SMILES string of the molecule is C#CCOc1ccc(/C=C2\NC(=O)N(Cc3ccccc3F)C2=O)cc1. The maximum Gasteiger partial charge on any atom is 0.329 e. The van der Waals surface area contributed by atoms with Crippen LogP contribution in [0.4, 0.5) is 9.18 Å². The number of imide groups is 1. The summed E-state index contributed by atoms with van der Waals surface area (Å²) in [5, 5.41) is 2.51. The van der Waals surface area contributed by atoms with E-state index >= 15 is 0 Å². The van der Waals surface area contributed by atoms with E-state index in [2.05, 4.69) is 11.2 Å². The zero-order valence-electron chi connectivity index (χ0n) is 13.7. The molecular weight excluding hydrogens is 335 g/mol. The number of benzene rings is 2. The second-order valence-corrected chi connectivity index (χ2v) is 5.53. The van der Waals surface area contributed by atoms with E-state index in [4.69, 9.17) is 11.2 Å². The number of halogens is 1. The molecule has 2 aromatic rings. The summed E-state index contributed by atoms with van der Waals surface area (Å²) in [4.78, 5) is 25.5. The van der Waals surface area contributed by atoms with Crippen LogP contribution >= 0.6 is 0 Å². The molecule has 1 saturated heterocycles. The van der Waals surface area contributed by atoms with Crippen molar-refractivity contribution in [1.82, 2.24) is 10.2 Å². The topological polar surface area (TPSA) is 58.6 Å². The number of nitrogens with zero attached hydrogens (tertiary/aromatic N) is 1. The van der Waals surface area contributed by atoms with E-state index in [1.807, 2.05) is 0 Å². The van der Waals surface area contributed by atoms with Gasteiger partial charge in [-0.3, -0.25) is 9.69 Å². The van der Waals surface area contributed by atoms with E-state index < -0.39 is 17.8 Å². The number of rotatable bonds is 5. The molecule has 130 valence electrons. The van der Waals surface area contributed by atoms with Crippen LogP contribution in [0.5, 0.6) is 5.75 Å². The molecule has 0 unspecified atom stereocenters. The third kappa shape index (κ3) is 3.73. The molecule has 1 N–H and O–H groups in total. The molecule has 0 radical (unpaired) electrons. The Balaban J connectivity index is 1.75. The number of hydrogen-bond donors (Lipinski definition) is 1. The Hall–Kier alpha value is -3.59. The van der Waals surface area contributed by atoms with E-state index in [0.717, 1.165) is 4.90 Å². The maximum absolute atomic E-state index is 13.8. The van der Waals surface area contributed by atoms with Crippen LogP contribution in [0.3, 0.4) is 0 Å². The number of amides is 3. The molecule has 3 amide bonds. The molecular formula is C20H15FN2O3. The first-order chi connectivity index (χ1) is 12.6. The number of nitrogens with one attached hydrogen (secondary N) is 1. The van der Waals surface area contributed by atoms with Gasteiger partial charge in [-0.05, 0) is 29.8 Å². The van der Waals surface area contributed by atoms with Crippen LogP contribution < -0.4 is 10.1 Å². The fourth-order valence-corrected chi connectivity index (χ4v) is 2.46. The van der Waals surface area contributed by atoms with Crippen molar-refractivity contribution in [3.05, 3.63) is 71.2 Å². The quantitative estimate of drug-likeness (QED) is 0.512. The minimum absolute atomic E-state index is 0.128. The Bertz CT molecular complexity index is 913. The molecule has 1 aliphatic heterocycles. The van der Waals surface area contributed by atoms with Gasteiger partial charge in [0.1, 0.15) is 23.9 Å². The van der Waals surface area contributed by atoms with Crippen molar-refractivity contribution in [1.29, 1.82) is 0 Å². The lowest BCUT2D eigenvalue weighted by Crippen LogP contribution is -2.30. The largest absolute Gasteiger partial charge is 0.481 e. The van der Waals surface area contributed by atoms with Crippen molar-refractivity contribution in [3.63, 3.8) is 0 Å². The fourth-order valence-electron chi connectivity index (χ4n) is 2.46. The van der Waals surface area contributed by atoms with E-state index in [0.29, 0.717) is 11.3 Å². The molecule has 0 spiro atoms. The predicted octanol–water partition coefficient (Wildman–Crippen LogP) is 2.93. The second kappa shape index (κ2) is 7.53. The normalized spacial score (nSPS) is 15.1. The van der Waals surface area contributed by atoms with Gasteiger partial charge in [-0.1, -0.05) is 36.3 Å². The van der Waals surface area contributed by atoms with Gasteiger partial charge in [0.2, 0.25) is 0 Å². The maximum atomic E-state index is 13.8. The molecule has 6 heteroatoms. The lowest BCUT2D eigenvalue weighted by molar-refractivity contribution is -0.123. The standard InChI is InChI=1S/C20H15FN2O3/c1-2-11-26-16-9-7-14(8-10-16)12-18-19(24)23(20(25)22-18)13-15-5-3-4-6-17(15)21/h1,3-10,12H,11,13H2,(H,22,25)/b18-12-. The number of urea groups is 1. The summed E-state index contributed by atoms with van der Waals surface area (Å²) < 4.78 is 19.0. The van der Waals surface area contributed by atoms with Gasteiger partial charge in [-0.15, -0.1) is 6.42 Å². The highest BCUT2D eigenvalue weighted by Crippen LogP contribution is 2.19. The minimum atomic E-state index is -0.585. The third-order valence-electron chi connectivity index (χ3n) is 3.76. The van der Waals surface area contributed by atoms with Gasteiger partial charge in [0.05, 0.1) is 6.54 Å². The van der Waals surface area contributed by atoms with Crippen molar-refractivity contribution < 1.29 is 18.7 Å². The zero-order valence-corrected chi connectivity index (χ0v) is 13.7. The number of carbonyl (C=O) groups is 2. The van der Waals surface area contributed by atoms with Crippen LogP contribution in [-0.2, 0) is 11.3 Å². The molecule has 2 aromatic carbocycles. The number of carbonyl (C=O) groups excluding carboxylic acids is 2. The average molecular weight is 350 g/mol. The van der Waals surface area contributed by atoms with Gasteiger partial charge in [-0.2, -0.15) is 0 Å². The molecule has 0 aliphatic carbocycles. The van der Waals surface area contributed by atoms with Crippen molar-refractivity contribution in [2.75, 3.05) is 6.61 Å². The van der Waals surface area contributed by atoms with E-state index in [-0.39, 0.29) is 24.4 Å². The molecule has 26 heavy (non-hydrogen) atoms. The third-order valence-corrected chi connectivity index (χ3v) is 3.76. The van der Waals surface area contributed by atoms with Crippen molar-refractivity contribution >= 4 is 18.0 Å². The number of ether oxygens (including phenoxy) is 1. The lowest BCUT2D eigenvalue weighted by atomic mass is 10.1. The monoisotopic (exact) mass is 350 g/mol. The first kappa shape index (κ1) is 17.2. The van der Waals surface area contributed by atoms with E-state index in [9.17, 15) is 14.0 Å². The van der Waals surface area contributed by atoms with Gasteiger partial charge in [-0.25, -0.2) is 9.18 Å². The van der Waals surface area contributed by atoms with Crippen molar-refractivity contribution in [3.8, 4) is 18.1 Å². The first-order valence-corrected chi connectivity index (χ1v) is 7.83. The molecule has 0 saturated carbocycles. The summed E-state index contributed by atoms with van der Waals surface area (Å²) in [5.41, 5.74) is 1.10. The van der Waals surface area contributed by atoms with Gasteiger partial charge in [0.25, 0.3) is 5.91 Å². The summed E-state index contributed by atoms with van der Waals surface area (Å²) in [5.74, 6) is 2.00. The smallest absolute Gasteiger partial charge is 0.329 e. The minimum Gasteiger partial charge on any atom is -0.481 e. The summed E-state index contributed by atoms with van der Waals surface area (Å²) in [6.45, 7) is 0.0352. The fraction of sp³-hybridized carbons (Fsp3) is 0.100. The Labute approximate surface area is 150 Å². The van der Waals surface area contributed by atoms with Crippen LogP contribution in [0.2, 0.25) is 0 Å². The zero-order chi connectivity index (χ0) is 18.5. The van der Waals surface area contributed by atoms with Crippen LogP contribution in [0.15, 0.2) is 54.2 Å². The highest BCUT2D eigenvalue weighted by Gasteiger charge is 2.33.